The van der Waals surface area contributed by atoms with Gasteiger partial charge in [0.05, 0.1) is 11.2 Å². The predicted octanol–water partition coefficient (Wildman–Crippen LogP) is 3.21. The maximum atomic E-state index is 12.6. The molecule has 0 N–H and O–H groups in total. The molecule has 8 nitrogen and oxygen atoms in total. The van der Waals surface area contributed by atoms with E-state index in [4.69, 9.17) is 9.31 Å². The fraction of sp³-hybridized carbons (Fsp3) is 0.533. The Labute approximate surface area is 247 Å². The van der Waals surface area contributed by atoms with Gasteiger partial charge in [0.25, 0.3) is 11.8 Å². The molecule has 3 heterocycles. The molecule has 0 atom stereocenters. The molecule has 0 unspecified atom stereocenters. The normalized spacial score (nSPS) is 21.1. The van der Waals surface area contributed by atoms with Crippen molar-refractivity contribution >= 4 is 40.3 Å². The molecule has 3 aliphatic rings. The molecule has 5 rings (SSSR count). The van der Waals surface area contributed by atoms with E-state index in [1.807, 2.05) is 86.0 Å². The van der Waals surface area contributed by atoms with Crippen molar-refractivity contribution in [2.75, 3.05) is 66.5 Å². The second-order valence-electron chi connectivity index (χ2n) is 11.9. The lowest BCUT2D eigenvalue weighted by atomic mass is 9.80. The van der Waals surface area contributed by atoms with Crippen LogP contribution >= 0.6 is 15.9 Å². The van der Waals surface area contributed by atoms with Crippen LogP contribution in [-0.2, 0) is 9.31 Å². The van der Waals surface area contributed by atoms with Crippen LogP contribution in [0.1, 0.15) is 48.4 Å². The predicted molar refractivity (Wildman–Crippen MR) is 163 cm³/mol. The first-order valence-electron chi connectivity index (χ1n) is 14.0. The first-order chi connectivity index (χ1) is 18.9. The van der Waals surface area contributed by atoms with E-state index >= 15 is 0 Å². The SMILES string of the molecule is CN1CCN(C(=O)[14c]2ccc(B3OC(C)(C)C(C)(C)O3)cc2)CC1.CN1CCN(C(=O)c2ccc(Br)cc2)CC1. The molecule has 2 amide bonds. The van der Waals surface area contributed by atoms with Crippen molar-refractivity contribution in [1.82, 2.24) is 19.6 Å². The molecule has 0 saturated carbocycles. The fourth-order valence-electron chi connectivity index (χ4n) is 4.74. The molecular weight excluding hydrogens is 573 g/mol. The molecule has 0 bridgehead atoms. The van der Waals surface area contributed by atoms with Crippen molar-refractivity contribution in [2.45, 2.75) is 38.9 Å². The van der Waals surface area contributed by atoms with Crippen molar-refractivity contribution < 1.29 is 18.9 Å². The van der Waals surface area contributed by atoms with Crippen molar-refractivity contribution in [2.24, 2.45) is 0 Å². The lowest BCUT2D eigenvalue weighted by Gasteiger charge is -2.32. The number of rotatable bonds is 3. The highest BCUT2D eigenvalue weighted by molar-refractivity contribution is 9.10. The van der Waals surface area contributed by atoms with Crippen LogP contribution in [0.2, 0.25) is 0 Å². The molecule has 3 saturated heterocycles. The quantitative estimate of drug-likeness (QED) is 0.495. The van der Waals surface area contributed by atoms with Crippen molar-refractivity contribution in [3.63, 3.8) is 0 Å². The molecule has 216 valence electrons. The molecule has 3 aliphatic heterocycles. The third kappa shape index (κ3) is 7.34. The van der Waals surface area contributed by atoms with Crippen LogP contribution in [-0.4, -0.2) is 116 Å². The lowest BCUT2D eigenvalue weighted by molar-refractivity contribution is 0.00578. The average Bonchev–Trinajstić information content (AvgIpc) is 3.16. The van der Waals surface area contributed by atoms with Crippen molar-refractivity contribution in [3.8, 4) is 0 Å². The van der Waals surface area contributed by atoms with Gasteiger partial charge in [0, 0.05) is 68.0 Å². The lowest BCUT2D eigenvalue weighted by Crippen LogP contribution is -2.47. The van der Waals surface area contributed by atoms with E-state index in [0.29, 0.717) is 0 Å². The van der Waals surface area contributed by atoms with Crippen molar-refractivity contribution in [1.29, 1.82) is 0 Å². The van der Waals surface area contributed by atoms with E-state index in [0.717, 1.165) is 73.4 Å². The van der Waals surface area contributed by atoms with Crippen LogP contribution < -0.4 is 5.46 Å². The molecular formula is C30H42BBrN4O4. The molecule has 10 heteroatoms. The Kier molecular flexibility index (Phi) is 9.78. The van der Waals surface area contributed by atoms with Crippen LogP contribution in [0.3, 0.4) is 0 Å². The zero-order valence-corrected chi connectivity index (χ0v) is 26.2. The monoisotopic (exact) mass is 614 g/mol. The molecule has 2 aromatic rings. The average molecular weight is 615 g/mol. The molecule has 0 aliphatic carbocycles. The Balaban J connectivity index is 0.000000201. The Bertz CT molecular complexity index is 1140. The summed E-state index contributed by atoms with van der Waals surface area (Å²) >= 11 is 3.37. The molecule has 0 spiro atoms. The van der Waals surface area contributed by atoms with Crippen LogP contribution in [0.5, 0.6) is 0 Å². The largest absolute Gasteiger partial charge is 0.494 e. The second-order valence-corrected chi connectivity index (χ2v) is 12.8. The summed E-state index contributed by atoms with van der Waals surface area (Å²) in [4.78, 5) is 33.0. The van der Waals surface area contributed by atoms with E-state index < -0.39 is 0 Å². The van der Waals surface area contributed by atoms with E-state index in [2.05, 4.69) is 39.8 Å². The summed E-state index contributed by atoms with van der Waals surface area (Å²) < 4.78 is 13.1. The van der Waals surface area contributed by atoms with Gasteiger partial charge in [-0.15, -0.1) is 0 Å². The molecule has 40 heavy (non-hydrogen) atoms. The number of hydrogen-bond acceptors (Lipinski definition) is 6. The third-order valence-corrected chi connectivity index (χ3v) is 8.88. The number of benzene rings is 2. The summed E-state index contributed by atoms with van der Waals surface area (Å²) in [6, 6.07) is 15.2. The summed E-state index contributed by atoms with van der Waals surface area (Å²) in [5, 5.41) is 0. The van der Waals surface area contributed by atoms with Gasteiger partial charge in [-0.2, -0.15) is 0 Å². The van der Waals surface area contributed by atoms with E-state index in [1.165, 1.54) is 0 Å². The van der Waals surface area contributed by atoms with E-state index in [1.54, 1.807) is 0 Å². The summed E-state index contributed by atoms with van der Waals surface area (Å²) in [5.41, 5.74) is 1.73. The molecule has 3 fully saturated rings. The summed E-state index contributed by atoms with van der Waals surface area (Å²) in [6.45, 7) is 15.2. The Morgan fingerprint density at radius 1 is 0.750 bits per heavy atom. The minimum atomic E-state index is -0.386. The molecule has 0 radical (unpaired) electrons. The number of carbonyl (C=O) groups is 2. The number of halogens is 1. The van der Waals surface area contributed by atoms with Crippen LogP contribution in [0, 0.1) is 0 Å². The van der Waals surface area contributed by atoms with Gasteiger partial charge in [-0.3, -0.25) is 9.59 Å². The highest BCUT2D eigenvalue weighted by Crippen LogP contribution is 2.36. The van der Waals surface area contributed by atoms with Crippen LogP contribution in [0.25, 0.3) is 0 Å². The fourth-order valence-corrected chi connectivity index (χ4v) is 5.00. The minimum absolute atomic E-state index is 0.101. The summed E-state index contributed by atoms with van der Waals surface area (Å²) in [6.07, 6.45) is 0. The van der Waals surface area contributed by atoms with Gasteiger partial charge < -0.3 is 28.9 Å². The van der Waals surface area contributed by atoms with Gasteiger partial charge in [-0.05, 0) is 83.7 Å². The van der Waals surface area contributed by atoms with Gasteiger partial charge in [0.15, 0.2) is 0 Å². The van der Waals surface area contributed by atoms with Crippen molar-refractivity contribution in [3.05, 3.63) is 64.1 Å². The second kappa shape index (κ2) is 12.7. The van der Waals surface area contributed by atoms with Gasteiger partial charge in [0.1, 0.15) is 0 Å². The summed E-state index contributed by atoms with van der Waals surface area (Å²) in [7, 11) is 3.78. The van der Waals surface area contributed by atoms with E-state index in [-0.39, 0.29) is 30.1 Å². The minimum Gasteiger partial charge on any atom is -0.399 e. The van der Waals surface area contributed by atoms with Gasteiger partial charge in [-0.1, -0.05) is 28.1 Å². The standard InChI is InChI=1S/C18H27BN2O3.C12H15BrN2O/c1-17(2)18(3,4)24-19(23-17)15-8-6-14(7-9-15)16(22)21-12-10-20(5)11-13-21;1-14-6-8-15(9-7-14)12(16)10-2-4-11(13)5-3-10/h6-9H,10-13H2,1-5H3;2-5H,6-9H2,1H3/i14+2;. The highest BCUT2D eigenvalue weighted by atomic mass is 79.9. The maximum absolute atomic E-state index is 12.6. The number of hydrogen-bond donors (Lipinski definition) is 0. The zero-order chi connectivity index (χ0) is 29.1. The maximum Gasteiger partial charge on any atom is 0.494 e. The van der Waals surface area contributed by atoms with Gasteiger partial charge in [0.2, 0.25) is 0 Å². The zero-order valence-electron chi connectivity index (χ0n) is 24.7. The Morgan fingerprint density at radius 3 is 1.68 bits per heavy atom. The molecule has 0 aromatic heterocycles. The highest BCUT2D eigenvalue weighted by Gasteiger charge is 2.51. The summed E-state index contributed by atoms with van der Waals surface area (Å²) in [5.74, 6) is 0.240. The van der Waals surface area contributed by atoms with Crippen LogP contribution in [0.4, 0.5) is 0 Å². The third-order valence-electron chi connectivity index (χ3n) is 8.36. The Morgan fingerprint density at radius 2 is 1.20 bits per heavy atom. The van der Waals surface area contributed by atoms with Gasteiger partial charge in [-0.25, -0.2) is 0 Å². The number of likely N-dealkylation sites (N-methyl/N-ethyl adjacent to an activating group) is 2. The van der Waals surface area contributed by atoms with E-state index in [9.17, 15) is 9.59 Å². The topological polar surface area (TPSA) is 65.6 Å². The number of amides is 2. The Hall–Kier alpha value is -2.24. The van der Waals surface area contributed by atoms with Crippen LogP contribution in [0.15, 0.2) is 53.0 Å². The smallest absolute Gasteiger partial charge is 0.399 e. The number of carbonyl (C=O) groups excluding carboxylic acids is 2. The number of piperazine rings is 2. The van der Waals surface area contributed by atoms with Gasteiger partial charge >= 0.3 is 7.12 Å². The first-order valence-corrected chi connectivity index (χ1v) is 14.8. The first kappa shape index (κ1) is 30.7. The number of nitrogens with zero attached hydrogens (tertiary/aromatic N) is 4. The molecule has 2 aromatic carbocycles.